The summed E-state index contributed by atoms with van der Waals surface area (Å²) in [4.78, 5) is 26.7. The second kappa shape index (κ2) is 10.2. The maximum atomic E-state index is 13.4. The summed E-state index contributed by atoms with van der Waals surface area (Å²) in [7, 11) is 0. The molecule has 1 heterocycles. The molecular formula is C19H21FIN3O3. The molecule has 1 amide bonds. The molecule has 2 unspecified atom stereocenters. The van der Waals surface area contributed by atoms with Crippen molar-refractivity contribution in [3.63, 3.8) is 0 Å². The van der Waals surface area contributed by atoms with Crippen molar-refractivity contribution >= 4 is 46.4 Å². The van der Waals surface area contributed by atoms with Crippen molar-refractivity contribution in [2.45, 2.75) is 19.5 Å². The predicted molar refractivity (Wildman–Crippen MR) is 111 cm³/mol. The topological polar surface area (TPSA) is 91.3 Å². The summed E-state index contributed by atoms with van der Waals surface area (Å²) in [5, 5.41) is 14.4. The molecule has 0 bridgehead atoms. The molecule has 2 atom stereocenters. The number of halogens is 2. The van der Waals surface area contributed by atoms with Gasteiger partial charge in [0.15, 0.2) is 0 Å². The Morgan fingerprint density at radius 1 is 1.44 bits per heavy atom. The molecule has 1 aliphatic rings. The minimum atomic E-state index is -1.03. The van der Waals surface area contributed by atoms with Gasteiger partial charge in [-0.25, -0.2) is 14.2 Å². The van der Waals surface area contributed by atoms with Crippen molar-refractivity contribution in [1.82, 2.24) is 10.3 Å². The average Bonchev–Trinajstić information content (AvgIpc) is 2.62. The van der Waals surface area contributed by atoms with Crippen LogP contribution in [-0.2, 0) is 9.59 Å². The molecule has 8 heteroatoms. The van der Waals surface area contributed by atoms with E-state index in [1.165, 1.54) is 12.3 Å². The van der Waals surface area contributed by atoms with Gasteiger partial charge in [-0.3, -0.25) is 4.79 Å². The summed E-state index contributed by atoms with van der Waals surface area (Å²) in [5.41, 5.74) is 1.68. The first-order valence-corrected chi connectivity index (χ1v) is 9.53. The molecular weight excluding hydrogens is 464 g/mol. The van der Waals surface area contributed by atoms with Crippen LogP contribution >= 0.6 is 22.6 Å². The number of nitrogens with one attached hydrogen (secondary N) is 2. The normalized spacial score (nSPS) is 19.0. The largest absolute Gasteiger partial charge is 0.478 e. The Hall–Kier alpha value is -2.23. The number of carboxylic acids is 1. The van der Waals surface area contributed by atoms with Crippen LogP contribution in [0, 0.1) is 9.49 Å². The Labute approximate surface area is 170 Å². The molecule has 3 N–H and O–H groups in total. The summed E-state index contributed by atoms with van der Waals surface area (Å²) in [6.45, 7) is 2.38. The predicted octanol–water partition coefficient (Wildman–Crippen LogP) is 3.17. The molecule has 144 valence electrons. The molecule has 6 nitrogen and oxygen atoms in total. The van der Waals surface area contributed by atoms with E-state index in [2.05, 4.69) is 38.2 Å². The van der Waals surface area contributed by atoms with E-state index in [1.807, 2.05) is 13.0 Å². The second-order valence-corrected chi connectivity index (χ2v) is 7.29. The van der Waals surface area contributed by atoms with E-state index in [9.17, 15) is 14.0 Å². The summed E-state index contributed by atoms with van der Waals surface area (Å²) >= 11 is 2.07. The van der Waals surface area contributed by atoms with Crippen molar-refractivity contribution in [1.29, 1.82) is 0 Å². The molecule has 0 saturated carbocycles. The lowest BCUT2D eigenvalue weighted by molar-refractivity contribution is -0.131. The number of nitrogens with zero attached hydrogens (tertiary/aromatic N) is 1. The Morgan fingerprint density at radius 3 is 2.89 bits per heavy atom. The minimum absolute atomic E-state index is 0.0746. The molecule has 0 aliphatic heterocycles. The number of hydrogen-bond acceptors (Lipinski definition) is 4. The van der Waals surface area contributed by atoms with Crippen LogP contribution in [0.1, 0.15) is 18.9 Å². The van der Waals surface area contributed by atoms with E-state index in [1.54, 1.807) is 18.2 Å². The fourth-order valence-electron chi connectivity index (χ4n) is 2.46. The maximum Gasteiger partial charge on any atom is 0.328 e. The van der Waals surface area contributed by atoms with Crippen LogP contribution < -0.4 is 10.6 Å². The van der Waals surface area contributed by atoms with E-state index in [0.29, 0.717) is 24.3 Å². The van der Waals surface area contributed by atoms with E-state index >= 15 is 0 Å². The van der Waals surface area contributed by atoms with E-state index in [-0.39, 0.29) is 18.4 Å². The minimum Gasteiger partial charge on any atom is -0.478 e. The van der Waals surface area contributed by atoms with Gasteiger partial charge in [0.2, 0.25) is 5.91 Å². The highest BCUT2D eigenvalue weighted by atomic mass is 127. The number of carbonyl (C=O) groups excluding carboxylic acids is 1. The Kier molecular flexibility index (Phi) is 7.96. The summed E-state index contributed by atoms with van der Waals surface area (Å²) in [6, 6.07) is 1.77. The number of pyridine rings is 1. The third-order valence-electron chi connectivity index (χ3n) is 3.91. The number of rotatable bonds is 8. The Bertz CT molecular complexity index is 792. The van der Waals surface area contributed by atoms with Crippen molar-refractivity contribution in [3.05, 3.63) is 51.3 Å². The highest BCUT2D eigenvalue weighted by Crippen LogP contribution is 2.21. The van der Waals surface area contributed by atoms with Crippen LogP contribution in [0.4, 0.5) is 10.2 Å². The van der Waals surface area contributed by atoms with Gasteiger partial charge in [-0.2, -0.15) is 0 Å². The van der Waals surface area contributed by atoms with Gasteiger partial charge < -0.3 is 15.7 Å². The van der Waals surface area contributed by atoms with Crippen LogP contribution in [0.15, 0.2) is 42.1 Å². The average molecular weight is 485 g/mol. The van der Waals surface area contributed by atoms with Crippen molar-refractivity contribution in [2.75, 3.05) is 18.4 Å². The van der Waals surface area contributed by atoms with Gasteiger partial charge in [0.1, 0.15) is 12.0 Å². The number of carbonyl (C=O) groups is 2. The number of aromatic nitrogens is 1. The summed E-state index contributed by atoms with van der Waals surface area (Å²) in [6.07, 6.45) is 8.94. The Morgan fingerprint density at radius 2 is 2.22 bits per heavy atom. The molecule has 0 fully saturated rings. The molecule has 0 aromatic carbocycles. The molecule has 0 spiro atoms. The van der Waals surface area contributed by atoms with Gasteiger partial charge in [-0.05, 0) is 52.8 Å². The molecule has 27 heavy (non-hydrogen) atoms. The van der Waals surface area contributed by atoms with Gasteiger partial charge in [0.05, 0.1) is 10.1 Å². The van der Waals surface area contributed by atoms with E-state index < -0.39 is 12.1 Å². The smallest absolute Gasteiger partial charge is 0.328 e. The van der Waals surface area contributed by atoms with Gasteiger partial charge in [0.25, 0.3) is 0 Å². The number of allylic oxidation sites excluding steroid dienone is 3. The van der Waals surface area contributed by atoms with Gasteiger partial charge in [-0.1, -0.05) is 24.6 Å². The second-order valence-electron chi connectivity index (χ2n) is 6.13. The number of aliphatic carboxylic acids is 1. The van der Waals surface area contributed by atoms with Crippen molar-refractivity contribution in [2.24, 2.45) is 5.92 Å². The molecule has 2 rings (SSSR count). The lowest BCUT2D eigenvalue weighted by Crippen LogP contribution is -2.31. The lowest BCUT2D eigenvalue weighted by atomic mass is 9.95. The third kappa shape index (κ3) is 7.12. The fourth-order valence-corrected chi connectivity index (χ4v) is 3.15. The summed E-state index contributed by atoms with van der Waals surface area (Å²) < 4.78 is 14.1. The monoisotopic (exact) mass is 485 g/mol. The van der Waals surface area contributed by atoms with Crippen LogP contribution in [0.25, 0.3) is 6.08 Å². The fraction of sp³-hybridized carbons (Fsp3) is 0.316. The number of anilines is 1. The molecule has 0 saturated heterocycles. The number of alkyl halides is 1. The van der Waals surface area contributed by atoms with Crippen molar-refractivity contribution < 1.29 is 19.1 Å². The van der Waals surface area contributed by atoms with Gasteiger partial charge in [0, 0.05) is 24.7 Å². The van der Waals surface area contributed by atoms with E-state index in [4.69, 9.17) is 5.11 Å². The van der Waals surface area contributed by atoms with Crippen molar-refractivity contribution in [3.8, 4) is 0 Å². The van der Waals surface area contributed by atoms with Crippen LogP contribution in [0.5, 0.6) is 0 Å². The van der Waals surface area contributed by atoms with Gasteiger partial charge in [-0.15, -0.1) is 0 Å². The standard InChI is InChI=1S/C19H21FIN3O3/c1-12-8-13(2-4-15(12)20)6-7-22-17(25)11-24-19-16(21)9-14(10-23-19)3-5-18(26)27/h2-5,8-10,12,15H,6-7,11H2,1H3,(H,22,25)(H,23,24)(H,26,27)/b5-3+. The molecule has 1 aromatic heterocycles. The Balaban J connectivity index is 1.76. The molecule has 1 aliphatic carbocycles. The van der Waals surface area contributed by atoms with Crippen LogP contribution in [0.2, 0.25) is 0 Å². The van der Waals surface area contributed by atoms with Crippen LogP contribution in [0.3, 0.4) is 0 Å². The SMILES string of the molecule is CC1C=C(CCNC(=O)CNc2ncc(/C=C/C(=O)O)cc2I)C=CC1F. The zero-order chi connectivity index (χ0) is 19.8. The van der Waals surface area contributed by atoms with Gasteiger partial charge >= 0.3 is 5.97 Å². The van der Waals surface area contributed by atoms with E-state index in [0.717, 1.165) is 15.2 Å². The number of carboxylic acid groups (broad SMARTS) is 1. The molecule has 0 radical (unpaired) electrons. The summed E-state index contributed by atoms with van der Waals surface area (Å²) in [5.74, 6) is -0.774. The first-order valence-electron chi connectivity index (χ1n) is 8.45. The number of amides is 1. The number of hydrogen-bond donors (Lipinski definition) is 3. The third-order valence-corrected chi connectivity index (χ3v) is 4.73. The first kappa shape index (κ1) is 21.1. The first-order chi connectivity index (χ1) is 12.8. The zero-order valence-electron chi connectivity index (χ0n) is 14.8. The molecule has 1 aromatic rings. The lowest BCUT2D eigenvalue weighted by Gasteiger charge is -2.16. The van der Waals surface area contributed by atoms with Crippen LogP contribution in [-0.4, -0.2) is 41.2 Å². The highest BCUT2D eigenvalue weighted by molar-refractivity contribution is 14.1. The zero-order valence-corrected chi connectivity index (χ0v) is 16.9. The highest BCUT2D eigenvalue weighted by Gasteiger charge is 2.15. The quantitative estimate of drug-likeness (QED) is 0.389. The maximum absolute atomic E-state index is 13.4.